The van der Waals surface area contributed by atoms with Crippen molar-refractivity contribution >= 4 is 5.97 Å². The van der Waals surface area contributed by atoms with Crippen molar-refractivity contribution in [3.05, 3.63) is 12.7 Å². The van der Waals surface area contributed by atoms with E-state index >= 15 is 0 Å². The molecular weight excluding hydrogens is 248 g/mol. The molecule has 0 saturated heterocycles. The minimum Gasteiger partial charge on any atom is -0.460 e. The van der Waals surface area contributed by atoms with Crippen molar-refractivity contribution in [1.82, 2.24) is 0 Å². The Bertz CT molecular complexity index is 230. The summed E-state index contributed by atoms with van der Waals surface area (Å²) in [5.41, 5.74) is 0. The van der Waals surface area contributed by atoms with Crippen LogP contribution >= 0.6 is 0 Å². The summed E-state index contributed by atoms with van der Waals surface area (Å²) in [4.78, 5) is 10.7. The Balaban J connectivity index is 3.07. The average Bonchev–Trinajstić information content (AvgIpc) is 2.43. The van der Waals surface area contributed by atoms with E-state index in [0.29, 0.717) is 39.0 Å². The van der Waals surface area contributed by atoms with Crippen LogP contribution in [0.3, 0.4) is 0 Å². The Hall–Kier alpha value is -0.910. The number of carbonyl (C=O) groups excluding carboxylic acids is 1. The Labute approximate surface area is 115 Å². The first-order valence-corrected chi connectivity index (χ1v) is 6.73. The van der Waals surface area contributed by atoms with Crippen LogP contribution in [0, 0.1) is 5.92 Å². The molecule has 0 fully saturated rings. The third-order valence-corrected chi connectivity index (χ3v) is 2.48. The summed E-state index contributed by atoms with van der Waals surface area (Å²) < 4.78 is 20.7. The zero-order valence-electron chi connectivity index (χ0n) is 12.1. The molecule has 5 nitrogen and oxygen atoms in total. The summed E-state index contributed by atoms with van der Waals surface area (Å²) in [6.07, 6.45) is 2.26. The molecule has 0 rings (SSSR count). The fourth-order valence-electron chi connectivity index (χ4n) is 1.10. The lowest BCUT2D eigenvalue weighted by Crippen LogP contribution is -2.14. The number of hydrogen-bond acceptors (Lipinski definition) is 5. The van der Waals surface area contributed by atoms with Crippen molar-refractivity contribution in [3.8, 4) is 0 Å². The molecule has 19 heavy (non-hydrogen) atoms. The van der Waals surface area contributed by atoms with Crippen molar-refractivity contribution in [3.63, 3.8) is 0 Å². The highest BCUT2D eigenvalue weighted by atomic mass is 16.6. The van der Waals surface area contributed by atoms with Crippen LogP contribution in [0.2, 0.25) is 0 Å². The van der Waals surface area contributed by atoms with Crippen molar-refractivity contribution in [1.29, 1.82) is 0 Å². The third kappa shape index (κ3) is 13.3. The summed E-state index contributed by atoms with van der Waals surface area (Å²) in [5.74, 6) is 0.167. The molecule has 0 aromatic carbocycles. The van der Waals surface area contributed by atoms with Gasteiger partial charge in [-0.25, -0.2) is 4.79 Å². The van der Waals surface area contributed by atoms with Gasteiger partial charge in [0.05, 0.1) is 33.0 Å². The second-order valence-electron chi connectivity index (χ2n) is 4.18. The minimum absolute atomic E-state index is 0.239. The van der Waals surface area contributed by atoms with E-state index in [1.54, 1.807) is 0 Å². The Morgan fingerprint density at radius 2 is 1.58 bits per heavy atom. The van der Waals surface area contributed by atoms with Crippen molar-refractivity contribution in [2.45, 2.75) is 20.3 Å². The van der Waals surface area contributed by atoms with E-state index in [1.165, 1.54) is 0 Å². The van der Waals surface area contributed by atoms with Gasteiger partial charge in [-0.1, -0.05) is 26.8 Å². The van der Waals surface area contributed by atoms with Gasteiger partial charge in [0.25, 0.3) is 0 Å². The maximum atomic E-state index is 10.7. The molecule has 0 aliphatic rings. The lowest BCUT2D eigenvalue weighted by atomic mass is 10.1. The molecule has 0 amide bonds. The highest BCUT2D eigenvalue weighted by molar-refractivity contribution is 5.81. The number of hydrogen-bond donors (Lipinski definition) is 0. The second kappa shape index (κ2) is 13.5. The molecule has 0 aliphatic heterocycles. The Morgan fingerprint density at radius 3 is 2.11 bits per heavy atom. The largest absolute Gasteiger partial charge is 0.460 e. The standard InChI is InChI=1S/C14H26O5/c1-4-13(3)12-18-9-8-16-6-7-17-10-11-19-14(15)5-2/h5,13H,2,4,6-12H2,1,3H3. The van der Waals surface area contributed by atoms with Gasteiger partial charge >= 0.3 is 5.97 Å². The number of carbonyl (C=O) groups is 1. The predicted molar refractivity (Wildman–Crippen MR) is 73.1 cm³/mol. The molecular formula is C14H26O5. The number of rotatable bonds is 13. The van der Waals surface area contributed by atoms with Gasteiger partial charge in [-0.2, -0.15) is 0 Å². The number of esters is 1. The monoisotopic (exact) mass is 274 g/mol. The highest BCUT2D eigenvalue weighted by Crippen LogP contribution is 1.99. The first kappa shape index (κ1) is 18.1. The molecule has 112 valence electrons. The number of ether oxygens (including phenoxy) is 4. The molecule has 0 aliphatic carbocycles. The van der Waals surface area contributed by atoms with Gasteiger partial charge in [0.1, 0.15) is 6.61 Å². The molecule has 0 spiro atoms. The molecule has 5 heteroatoms. The summed E-state index contributed by atoms with van der Waals surface area (Å²) >= 11 is 0. The first-order valence-electron chi connectivity index (χ1n) is 6.73. The van der Waals surface area contributed by atoms with E-state index in [-0.39, 0.29) is 6.61 Å². The highest BCUT2D eigenvalue weighted by Gasteiger charge is 1.98. The SMILES string of the molecule is C=CC(=O)OCCOCCOCCOCC(C)CC. The molecule has 0 radical (unpaired) electrons. The maximum Gasteiger partial charge on any atom is 0.330 e. The van der Waals surface area contributed by atoms with E-state index in [1.807, 2.05) is 0 Å². The summed E-state index contributed by atoms with van der Waals surface area (Å²) in [7, 11) is 0. The molecule has 0 bridgehead atoms. The molecule has 0 N–H and O–H groups in total. The summed E-state index contributed by atoms with van der Waals surface area (Å²) in [6, 6.07) is 0. The normalized spacial score (nSPS) is 12.1. The minimum atomic E-state index is -0.432. The Kier molecular flexibility index (Phi) is 12.9. The predicted octanol–water partition coefficient (Wildman–Crippen LogP) is 1.81. The van der Waals surface area contributed by atoms with E-state index in [2.05, 4.69) is 20.4 Å². The van der Waals surface area contributed by atoms with E-state index in [0.717, 1.165) is 19.1 Å². The smallest absolute Gasteiger partial charge is 0.330 e. The van der Waals surface area contributed by atoms with Gasteiger partial charge in [-0.05, 0) is 5.92 Å². The molecule has 1 unspecified atom stereocenters. The third-order valence-electron chi connectivity index (χ3n) is 2.48. The first-order chi connectivity index (χ1) is 9.20. The van der Waals surface area contributed by atoms with Gasteiger partial charge in [0.2, 0.25) is 0 Å². The van der Waals surface area contributed by atoms with Crippen LogP contribution in [-0.2, 0) is 23.7 Å². The molecule has 0 aromatic rings. The van der Waals surface area contributed by atoms with Gasteiger partial charge in [-0.3, -0.25) is 0 Å². The average molecular weight is 274 g/mol. The van der Waals surface area contributed by atoms with Gasteiger partial charge in [-0.15, -0.1) is 0 Å². The fourth-order valence-corrected chi connectivity index (χ4v) is 1.10. The molecule has 1 atom stereocenters. The van der Waals surface area contributed by atoms with Crippen LogP contribution in [0.1, 0.15) is 20.3 Å². The molecule has 0 saturated carbocycles. The van der Waals surface area contributed by atoms with E-state index in [4.69, 9.17) is 18.9 Å². The topological polar surface area (TPSA) is 54.0 Å². The van der Waals surface area contributed by atoms with Crippen LogP contribution in [0.25, 0.3) is 0 Å². The van der Waals surface area contributed by atoms with E-state index < -0.39 is 5.97 Å². The lowest BCUT2D eigenvalue weighted by molar-refractivity contribution is -0.139. The van der Waals surface area contributed by atoms with Crippen LogP contribution in [0.5, 0.6) is 0 Å². The van der Waals surface area contributed by atoms with Gasteiger partial charge in [0.15, 0.2) is 0 Å². The molecule has 0 aromatic heterocycles. The Morgan fingerprint density at radius 1 is 1.05 bits per heavy atom. The zero-order valence-corrected chi connectivity index (χ0v) is 12.1. The van der Waals surface area contributed by atoms with Crippen molar-refractivity contribution < 1.29 is 23.7 Å². The van der Waals surface area contributed by atoms with Crippen LogP contribution in [-0.4, -0.2) is 52.2 Å². The summed E-state index contributed by atoms with van der Waals surface area (Å²) in [6.45, 7) is 11.2. The maximum absolute atomic E-state index is 10.7. The zero-order chi connectivity index (χ0) is 14.3. The second-order valence-corrected chi connectivity index (χ2v) is 4.18. The van der Waals surface area contributed by atoms with Gasteiger partial charge in [0, 0.05) is 12.7 Å². The van der Waals surface area contributed by atoms with Crippen molar-refractivity contribution in [2.24, 2.45) is 5.92 Å². The van der Waals surface area contributed by atoms with Crippen LogP contribution < -0.4 is 0 Å². The van der Waals surface area contributed by atoms with Crippen molar-refractivity contribution in [2.75, 3.05) is 46.2 Å². The summed E-state index contributed by atoms with van der Waals surface area (Å²) in [5, 5.41) is 0. The quantitative estimate of drug-likeness (QED) is 0.291. The van der Waals surface area contributed by atoms with Gasteiger partial charge < -0.3 is 18.9 Å². The molecule has 0 heterocycles. The van der Waals surface area contributed by atoms with E-state index in [9.17, 15) is 4.79 Å². The van der Waals surface area contributed by atoms with Crippen LogP contribution in [0.4, 0.5) is 0 Å². The lowest BCUT2D eigenvalue weighted by Gasteiger charge is -2.09. The fraction of sp³-hybridized carbons (Fsp3) is 0.786. The van der Waals surface area contributed by atoms with Crippen LogP contribution in [0.15, 0.2) is 12.7 Å².